The number of thiol groups is 1. The van der Waals surface area contributed by atoms with Crippen molar-refractivity contribution in [2.75, 3.05) is 24.5 Å². The van der Waals surface area contributed by atoms with Crippen LogP contribution in [0.4, 0.5) is 5.69 Å². The van der Waals surface area contributed by atoms with Crippen molar-refractivity contribution in [2.45, 2.75) is 6.92 Å². The van der Waals surface area contributed by atoms with Crippen molar-refractivity contribution in [3.63, 3.8) is 0 Å². The number of phenols is 1. The predicted molar refractivity (Wildman–Crippen MR) is 96.0 cm³/mol. The van der Waals surface area contributed by atoms with E-state index in [4.69, 9.17) is 10.5 Å². The van der Waals surface area contributed by atoms with Crippen molar-refractivity contribution in [1.82, 2.24) is 0 Å². The van der Waals surface area contributed by atoms with Crippen LogP contribution in [0.25, 0.3) is 0 Å². The molecule has 0 atom stereocenters. The molecule has 25 heavy (non-hydrogen) atoms. The van der Waals surface area contributed by atoms with Crippen molar-refractivity contribution in [3.05, 3.63) is 53.1 Å². The second-order valence-corrected chi connectivity index (χ2v) is 6.34. The molecule has 0 aliphatic carbocycles. The Hall–Kier alpha value is -2.58. The number of nitrogens with two attached hydrogens (primary N) is 1. The molecule has 0 saturated heterocycles. The first kappa shape index (κ1) is 18.8. The van der Waals surface area contributed by atoms with Crippen LogP contribution < -0.4 is 14.8 Å². The van der Waals surface area contributed by atoms with Crippen LogP contribution in [0.2, 0.25) is 0 Å². The highest BCUT2D eigenvalue weighted by atomic mass is 32.2. The van der Waals surface area contributed by atoms with Crippen molar-refractivity contribution < 1.29 is 23.1 Å². The largest absolute Gasteiger partial charge is 0.507 e. The fourth-order valence-electron chi connectivity index (χ4n) is 2.38. The number of hydrogen-bond donors (Lipinski definition) is 3. The van der Waals surface area contributed by atoms with Gasteiger partial charge >= 0.3 is 0 Å². The molecule has 7 nitrogen and oxygen atoms in total. The number of ether oxygens (including phenoxy) is 1. The number of phenolic OH excluding ortho intramolecular Hbond substituents is 1. The van der Waals surface area contributed by atoms with Gasteiger partial charge in [-0.3, -0.25) is 9.10 Å². The summed E-state index contributed by atoms with van der Waals surface area (Å²) in [5.41, 5.74) is 6.98. The topological polar surface area (TPSA) is 110 Å². The minimum absolute atomic E-state index is 0.0153. The Kier molecular flexibility index (Phi) is 6.00. The molecule has 0 spiro atoms. The molecule has 0 aliphatic heterocycles. The number of ketones is 1. The lowest BCUT2D eigenvalue weighted by Gasteiger charge is -2.20. The van der Waals surface area contributed by atoms with Crippen molar-refractivity contribution >= 4 is 22.4 Å². The number of benzene rings is 2. The lowest BCUT2D eigenvalue weighted by Crippen LogP contribution is -2.28. The van der Waals surface area contributed by atoms with Crippen LogP contribution in [0.1, 0.15) is 21.5 Å². The second-order valence-electron chi connectivity index (χ2n) is 5.39. The normalized spacial score (nSPS) is 10.7. The van der Waals surface area contributed by atoms with Gasteiger partial charge in [0.05, 0.1) is 18.4 Å². The zero-order chi connectivity index (χ0) is 18.6. The lowest BCUT2D eigenvalue weighted by molar-refractivity contribution is 0.103. The molecule has 0 amide bonds. The van der Waals surface area contributed by atoms with E-state index in [-0.39, 0.29) is 35.8 Å². The maximum absolute atomic E-state index is 12.7. The first-order valence-corrected chi connectivity index (χ1v) is 8.66. The van der Waals surface area contributed by atoms with E-state index in [0.29, 0.717) is 5.56 Å². The first-order valence-electron chi connectivity index (χ1n) is 7.53. The molecule has 2 rings (SSSR count). The molecule has 0 radical (unpaired) electrons. The molecule has 8 heteroatoms. The van der Waals surface area contributed by atoms with Crippen LogP contribution in [-0.4, -0.2) is 39.5 Å². The Morgan fingerprint density at radius 1 is 1.24 bits per heavy atom. The van der Waals surface area contributed by atoms with E-state index in [1.807, 2.05) is 6.92 Å². The number of rotatable bonds is 7. The van der Waals surface area contributed by atoms with E-state index >= 15 is 0 Å². The minimum Gasteiger partial charge on any atom is -0.507 e. The highest BCUT2D eigenvalue weighted by molar-refractivity contribution is 7.74. The lowest BCUT2D eigenvalue weighted by atomic mass is 10.0. The van der Waals surface area contributed by atoms with Crippen LogP contribution in [-0.2, 0) is 10.9 Å². The first-order chi connectivity index (χ1) is 11.9. The third-order valence-corrected chi connectivity index (χ3v) is 4.48. The zero-order valence-electron chi connectivity index (χ0n) is 13.9. The van der Waals surface area contributed by atoms with Crippen molar-refractivity contribution in [3.8, 4) is 11.5 Å². The summed E-state index contributed by atoms with van der Waals surface area (Å²) in [5.74, 6) is -0.583. The SMILES string of the molecule is COc1cc(O)c(C(=O)c2ccc(C)cc2)cc1N(CCN)[SH](=O)=O. The number of carbonyl (C=O) groups is 1. The van der Waals surface area contributed by atoms with Gasteiger partial charge < -0.3 is 15.6 Å². The summed E-state index contributed by atoms with van der Waals surface area (Å²) in [6.07, 6.45) is 0. The Morgan fingerprint density at radius 2 is 1.88 bits per heavy atom. The number of methoxy groups -OCH3 is 1. The highest BCUT2D eigenvalue weighted by Crippen LogP contribution is 2.36. The maximum Gasteiger partial charge on any atom is 0.225 e. The van der Waals surface area contributed by atoms with E-state index < -0.39 is 16.7 Å². The quantitative estimate of drug-likeness (QED) is 0.504. The van der Waals surface area contributed by atoms with Gasteiger partial charge in [-0.2, -0.15) is 0 Å². The molecule has 0 heterocycles. The maximum atomic E-state index is 12.7. The van der Waals surface area contributed by atoms with Crippen LogP contribution in [0.5, 0.6) is 11.5 Å². The molecule has 2 aromatic rings. The third-order valence-electron chi connectivity index (χ3n) is 3.67. The van der Waals surface area contributed by atoms with Gasteiger partial charge in [0.1, 0.15) is 11.5 Å². The van der Waals surface area contributed by atoms with Crippen LogP contribution in [0.3, 0.4) is 0 Å². The zero-order valence-corrected chi connectivity index (χ0v) is 14.8. The van der Waals surface area contributed by atoms with Gasteiger partial charge in [0, 0.05) is 24.7 Å². The molecule has 2 aromatic carbocycles. The van der Waals surface area contributed by atoms with Crippen LogP contribution in [0.15, 0.2) is 36.4 Å². The average molecular weight is 364 g/mol. The smallest absolute Gasteiger partial charge is 0.225 e. The van der Waals surface area contributed by atoms with Gasteiger partial charge in [0.15, 0.2) is 5.78 Å². The third kappa shape index (κ3) is 4.09. The molecule has 0 aromatic heterocycles. The monoisotopic (exact) mass is 364 g/mol. The Balaban J connectivity index is 2.57. The van der Waals surface area contributed by atoms with Gasteiger partial charge in [-0.05, 0) is 13.0 Å². The molecule has 0 bridgehead atoms. The molecule has 3 N–H and O–H groups in total. The molecule has 0 aliphatic rings. The Morgan fingerprint density at radius 3 is 2.40 bits per heavy atom. The average Bonchev–Trinajstić information content (AvgIpc) is 2.59. The molecule has 0 unspecified atom stereocenters. The van der Waals surface area contributed by atoms with E-state index in [1.165, 1.54) is 19.2 Å². The minimum atomic E-state index is -2.99. The molecule has 0 saturated carbocycles. The number of anilines is 1. The molecular formula is C17H20N2O5S. The number of hydrogen-bond acceptors (Lipinski definition) is 6. The number of aryl methyl sites for hydroxylation is 1. The van der Waals surface area contributed by atoms with Crippen molar-refractivity contribution in [1.29, 1.82) is 0 Å². The molecular weight excluding hydrogens is 344 g/mol. The summed E-state index contributed by atoms with van der Waals surface area (Å²) < 4.78 is 29.2. The highest BCUT2D eigenvalue weighted by Gasteiger charge is 2.21. The summed E-state index contributed by atoms with van der Waals surface area (Å²) in [5, 5.41) is 10.2. The van der Waals surface area contributed by atoms with Crippen LogP contribution in [0, 0.1) is 6.92 Å². The van der Waals surface area contributed by atoms with Gasteiger partial charge in [0.25, 0.3) is 0 Å². The standard InChI is InChI=1S/C17H20N2O5S/c1-11-3-5-12(6-4-11)17(21)13-9-14(16(24-2)10-15(13)20)19(8-7-18)25(22)23/h3-6,9-10,20,25H,7-8,18H2,1-2H3. The van der Waals surface area contributed by atoms with E-state index in [0.717, 1.165) is 9.87 Å². The second kappa shape index (κ2) is 8.00. The fraction of sp³-hybridized carbons (Fsp3) is 0.235. The summed E-state index contributed by atoms with van der Waals surface area (Å²) in [6.45, 7) is 2.01. The van der Waals surface area contributed by atoms with Gasteiger partial charge in [0.2, 0.25) is 10.9 Å². The number of nitrogens with zero attached hydrogens (tertiary/aromatic N) is 1. The fourth-order valence-corrected chi connectivity index (χ4v) is 2.99. The number of carbonyl (C=O) groups excluding carboxylic acids is 1. The van der Waals surface area contributed by atoms with E-state index in [2.05, 4.69) is 0 Å². The summed E-state index contributed by atoms with van der Waals surface area (Å²) >= 11 is 0. The summed E-state index contributed by atoms with van der Waals surface area (Å²) in [7, 11) is -1.64. The predicted octanol–water partition coefficient (Wildman–Crippen LogP) is 1.23. The molecule has 134 valence electrons. The van der Waals surface area contributed by atoms with Crippen LogP contribution >= 0.6 is 0 Å². The molecule has 0 fully saturated rings. The Bertz CT molecular complexity index is 839. The van der Waals surface area contributed by atoms with E-state index in [1.54, 1.807) is 24.3 Å². The van der Waals surface area contributed by atoms with Gasteiger partial charge in [-0.15, -0.1) is 0 Å². The Labute approximate surface area is 147 Å². The summed E-state index contributed by atoms with van der Waals surface area (Å²) in [4.78, 5) is 12.7. The summed E-state index contributed by atoms with van der Waals surface area (Å²) in [6, 6.07) is 9.38. The van der Waals surface area contributed by atoms with Gasteiger partial charge in [-0.1, -0.05) is 29.8 Å². The number of aromatic hydroxyl groups is 1. The van der Waals surface area contributed by atoms with E-state index in [9.17, 15) is 18.3 Å². The van der Waals surface area contributed by atoms with Gasteiger partial charge in [-0.25, -0.2) is 8.42 Å². The van der Waals surface area contributed by atoms with Crippen molar-refractivity contribution in [2.24, 2.45) is 5.73 Å².